The molecule has 2 saturated carbocycles. The Balaban J connectivity index is 1.31. The Morgan fingerprint density at radius 2 is 1.59 bits per heavy atom. The summed E-state index contributed by atoms with van der Waals surface area (Å²) in [5.74, 6) is 2.56. The molecule has 4 bridgehead atoms. The maximum Gasteiger partial charge on any atom is 0.280 e. The summed E-state index contributed by atoms with van der Waals surface area (Å²) in [6.07, 6.45) is 14.3. The zero-order valence-electron chi connectivity index (χ0n) is 20.8. The van der Waals surface area contributed by atoms with Crippen LogP contribution in [0.4, 0.5) is 0 Å². The van der Waals surface area contributed by atoms with Gasteiger partial charge in [0.25, 0.3) is 5.56 Å². The SMILES string of the molecule is CC[C@@H]1C[C@@H]2C[C@H](C1)C[C@@H](N1[C@@H]3CCC[C@H]1C[C@@H](n1c(=O)c(C(C)=O)nc4ccccc41)C3)C2. The van der Waals surface area contributed by atoms with E-state index in [9.17, 15) is 9.59 Å². The number of hydrogen-bond donors (Lipinski definition) is 0. The zero-order valence-corrected chi connectivity index (χ0v) is 20.8. The molecule has 5 nitrogen and oxygen atoms in total. The number of ketones is 1. The van der Waals surface area contributed by atoms with E-state index in [1.54, 1.807) is 0 Å². The van der Waals surface area contributed by atoms with Gasteiger partial charge in [0.15, 0.2) is 11.5 Å². The summed E-state index contributed by atoms with van der Waals surface area (Å²) in [6.45, 7) is 3.84. The Morgan fingerprint density at radius 3 is 2.24 bits per heavy atom. The van der Waals surface area contributed by atoms with Crippen LogP contribution in [0.2, 0.25) is 0 Å². The summed E-state index contributed by atoms with van der Waals surface area (Å²) in [7, 11) is 0. The number of piperidine rings is 2. The van der Waals surface area contributed by atoms with Crippen molar-refractivity contribution in [2.75, 3.05) is 0 Å². The van der Waals surface area contributed by atoms with Crippen molar-refractivity contribution in [2.24, 2.45) is 17.8 Å². The van der Waals surface area contributed by atoms with Crippen LogP contribution in [0.25, 0.3) is 11.0 Å². The van der Waals surface area contributed by atoms with Gasteiger partial charge in [-0.1, -0.05) is 31.9 Å². The number of nitrogens with zero attached hydrogens (tertiary/aromatic N) is 3. The van der Waals surface area contributed by atoms with Crippen LogP contribution >= 0.6 is 0 Å². The smallest absolute Gasteiger partial charge is 0.280 e. The number of hydrogen-bond acceptors (Lipinski definition) is 4. The van der Waals surface area contributed by atoms with Gasteiger partial charge >= 0.3 is 0 Å². The van der Waals surface area contributed by atoms with Gasteiger partial charge in [0, 0.05) is 31.1 Å². The molecule has 1 aromatic heterocycles. The summed E-state index contributed by atoms with van der Waals surface area (Å²) in [6, 6.07) is 9.85. The Kier molecular flexibility index (Phi) is 5.87. The predicted octanol–water partition coefficient (Wildman–Crippen LogP) is 5.76. The summed E-state index contributed by atoms with van der Waals surface area (Å²) >= 11 is 0. The maximum atomic E-state index is 13.5. The Bertz CT molecular complexity index is 1110. The third-order valence-corrected chi connectivity index (χ3v) is 9.71. The Hall–Kier alpha value is -2.01. The highest BCUT2D eigenvalue weighted by Crippen LogP contribution is 2.49. The molecule has 4 aliphatic rings. The molecule has 6 rings (SSSR count). The molecule has 0 unspecified atom stereocenters. The summed E-state index contributed by atoms with van der Waals surface area (Å²) in [5.41, 5.74) is 1.54. The second-order valence-electron chi connectivity index (χ2n) is 11.8. The van der Waals surface area contributed by atoms with Crippen molar-refractivity contribution in [1.82, 2.24) is 14.5 Å². The first-order valence-electron chi connectivity index (χ1n) is 13.8. The fourth-order valence-electron chi connectivity index (χ4n) is 8.47. The molecule has 0 amide bonds. The fourth-order valence-corrected chi connectivity index (χ4v) is 8.47. The van der Waals surface area contributed by atoms with Crippen LogP contribution < -0.4 is 5.56 Å². The first-order valence-corrected chi connectivity index (χ1v) is 13.8. The lowest BCUT2D eigenvalue weighted by atomic mass is 9.64. The molecule has 34 heavy (non-hydrogen) atoms. The van der Waals surface area contributed by atoms with Crippen molar-refractivity contribution in [3.8, 4) is 0 Å². The van der Waals surface area contributed by atoms with E-state index in [4.69, 9.17) is 0 Å². The van der Waals surface area contributed by atoms with Gasteiger partial charge in [-0.2, -0.15) is 0 Å². The molecule has 2 aromatic rings. The van der Waals surface area contributed by atoms with Crippen LogP contribution in [0.1, 0.15) is 101 Å². The van der Waals surface area contributed by atoms with Gasteiger partial charge in [0.1, 0.15) is 0 Å². The number of carbonyl (C=O) groups is 1. The molecular weight excluding hydrogens is 422 g/mol. The first kappa shape index (κ1) is 22.5. The topological polar surface area (TPSA) is 55.2 Å². The van der Waals surface area contributed by atoms with Crippen LogP contribution in [-0.4, -0.2) is 38.4 Å². The second-order valence-corrected chi connectivity index (χ2v) is 11.8. The number of benzene rings is 1. The highest BCUT2D eigenvalue weighted by Gasteiger charge is 2.46. The van der Waals surface area contributed by atoms with Gasteiger partial charge in [0.2, 0.25) is 0 Å². The summed E-state index contributed by atoms with van der Waals surface area (Å²) in [4.78, 5) is 33.1. The van der Waals surface area contributed by atoms with Crippen molar-refractivity contribution in [3.05, 3.63) is 40.3 Å². The van der Waals surface area contributed by atoms with E-state index in [1.165, 1.54) is 64.7 Å². The number of carbonyl (C=O) groups excluding carboxylic acids is 1. The minimum absolute atomic E-state index is 0.0943. The van der Waals surface area contributed by atoms with Gasteiger partial charge in [-0.25, -0.2) is 4.98 Å². The number of para-hydroxylation sites is 2. The quantitative estimate of drug-likeness (QED) is 0.543. The molecule has 2 aliphatic heterocycles. The van der Waals surface area contributed by atoms with E-state index in [0.717, 1.165) is 47.7 Å². The molecule has 2 aliphatic carbocycles. The van der Waals surface area contributed by atoms with E-state index in [-0.39, 0.29) is 23.1 Å². The maximum absolute atomic E-state index is 13.5. The van der Waals surface area contributed by atoms with Crippen molar-refractivity contribution >= 4 is 16.8 Å². The highest BCUT2D eigenvalue weighted by molar-refractivity contribution is 5.93. The third-order valence-electron chi connectivity index (χ3n) is 9.71. The molecule has 7 atom stereocenters. The van der Waals surface area contributed by atoms with Crippen molar-refractivity contribution in [1.29, 1.82) is 0 Å². The van der Waals surface area contributed by atoms with Crippen molar-refractivity contribution in [2.45, 2.75) is 109 Å². The average molecular weight is 462 g/mol. The van der Waals surface area contributed by atoms with Crippen molar-refractivity contribution in [3.63, 3.8) is 0 Å². The predicted molar refractivity (Wildman–Crippen MR) is 135 cm³/mol. The molecule has 0 spiro atoms. The molecule has 0 N–H and O–H groups in total. The van der Waals surface area contributed by atoms with Crippen LogP contribution in [0.15, 0.2) is 29.1 Å². The molecule has 4 fully saturated rings. The van der Waals surface area contributed by atoms with E-state index in [2.05, 4.69) is 16.8 Å². The molecule has 1 aromatic carbocycles. The molecule has 182 valence electrons. The standard InChI is InChI=1S/C29H39N3O2/c1-3-19-11-20-13-21(12-19)15-24(14-20)31-22-7-6-8-23(31)17-25(16-22)32-27-10-5-4-9-26(27)30-28(18(2)33)29(32)34/h4-5,9-10,19-25H,3,6-8,11-17H2,1-2H3/t19-,20-,21+,22-,23+,24+,25+. The number of aromatic nitrogens is 2. The van der Waals surface area contributed by atoms with Crippen LogP contribution in [-0.2, 0) is 0 Å². The van der Waals surface area contributed by atoms with Gasteiger partial charge in [0.05, 0.1) is 11.0 Å². The van der Waals surface area contributed by atoms with Crippen LogP contribution in [0, 0.1) is 17.8 Å². The fraction of sp³-hybridized carbons (Fsp3) is 0.690. The van der Waals surface area contributed by atoms with E-state index in [0.29, 0.717) is 12.1 Å². The number of Topliss-reactive ketones (excluding diaryl/α,β-unsaturated/α-hetero) is 1. The van der Waals surface area contributed by atoms with Crippen molar-refractivity contribution < 1.29 is 4.79 Å². The third kappa shape index (κ3) is 3.84. The van der Waals surface area contributed by atoms with E-state index >= 15 is 0 Å². The molecule has 3 heterocycles. The summed E-state index contributed by atoms with van der Waals surface area (Å²) in [5, 5.41) is 0. The van der Waals surface area contributed by atoms with Gasteiger partial charge in [-0.15, -0.1) is 0 Å². The Morgan fingerprint density at radius 1 is 0.912 bits per heavy atom. The minimum atomic E-state index is -0.235. The Labute approximate surface area is 202 Å². The minimum Gasteiger partial charge on any atom is -0.302 e. The normalized spacial score (nSPS) is 35.9. The van der Waals surface area contributed by atoms with E-state index in [1.807, 2.05) is 28.8 Å². The average Bonchev–Trinajstić information content (AvgIpc) is 2.82. The lowest BCUT2D eigenvalue weighted by Crippen LogP contribution is -2.59. The zero-order chi connectivity index (χ0) is 23.4. The molecule has 2 saturated heterocycles. The lowest BCUT2D eigenvalue weighted by molar-refractivity contribution is -0.0534. The molecule has 5 heteroatoms. The second kappa shape index (κ2) is 8.89. The monoisotopic (exact) mass is 461 g/mol. The number of rotatable bonds is 4. The van der Waals surface area contributed by atoms with Gasteiger partial charge in [-0.3, -0.25) is 14.5 Å². The molecular formula is C29H39N3O2. The highest BCUT2D eigenvalue weighted by atomic mass is 16.1. The number of fused-ring (bicyclic) bond motifs is 5. The largest absolute Gasteiger partial charge is 0.302 e. The summed E-state index contributed by atoms with van der Waals surface area (Å²) < 4.78 is 1.95. The van der Waals surface area contributed by atoms with Crippen LogP contribution in [0.3, 0.4) is 0 Å². The first-order chi connectivity index (χ1) is 16.5. The van der Waals surface area contributed by atoms with Crippen LogP contribution in [0.5, 0.6) is 0 Å². The lowest BCUT2D eigenvalue weighted by Gasteiger charge is -2.56. The van der Waals surface area contributed by atoms with E-state index < -0.39 is 0 Å². The molecule has 0 radical (unpaired) electrons. The van der Waals surface area contributed by atoms with Gasteiger partial charge < -0.3 is 4.57 Å². The van der Waals surface area contributed by atoms with Gasteiger partial charge in [-0.05, 0) is 87.7 Å².